The van der Waals surface area contributed by atoms with Gasteiger partial charge >= 0.3 is 0 Å². The van der Waals surface area contributed by atoms with Crippen molar-refractivity contribution < 1.29 is 9.63 Å². The first-order chi connectivity index (χ1) is 10.6. The van der Waals surface area contributed by atoms with Crippen LogP contribution < -0.4 is 5.32 Å². The SMILES string of the molecule is CC1(C)[C@H](Cc2cc(CO)on2)C[C@@H]1NCc1cccnc1. The van der Waals surface area contributed by atoms with Crippen molar-refractivity contribution in [2.24, 2.45) is 11.3 Å². The van der Waals surface area contributed by atoms with Gasteiger partial charge in [-0.25, -0.2) is 0 Å². The van der Waals surface area contributed by atoms with Gasteiger partial charge in [0.1, 0.15) is 6.61 Å². The second kappa shape index (κ2) is 6.18. The van der Waals surface area contributed by atoms with Crippen LogP contribution in [0.3, 0.4) is 0 Å². The summed E-state index contributed by atoms with van der Waals surface area (Å²) in [5.74, 6) is 1.12. The van der Waals surface area contributed by atoms with Gasteiger partial charge < -0.3 is 14.9 Å². The molecule has 1 saturated carbocycles. The zero-order valence-electron chi connectivity index (χ0n) is 13.1. The van der Waals surface area contributed by atoms with Crippen LogP contribution in [0.5, 0.6) is 0 Å². The van der Waals surface area contributed by atoms with Crippen LogP contribution in [-0.4, -0.2) is 21.3 Å². The molecule has 2 aromatic rings. The highest BCUT2D eigenvalue weighted by Gasteiger charge is 2.47. The van der Waals surface area contributed by atoms with Crippen molar-refractivity contribution in [1.29, 1.82) is 0 Å². The molecule has 2 N–H and O–H groups in total. The van der Waals surface area contributed by atoms with E-state index in [2.05, 4.69) is 35.4 Å². The number of hydrogen-bond acceptors (Lipinski definition) is 5. The minimum Gasteiger partial charge on any atom is -0.388 e. The van der Waals surface area contributed by atoms with Crippen molar-refractivity contribution in [3.05, 3.63) is 47.6 Å². The molecule has 5 heteroatoms. The fourth-order valence-corrected chi connectivity index (χ4v) is 3.23. The Hall–Kier alpha value is -1.72. The van der Waals surface area contributed by atoms with Crippen LogP contribution in [-0.2, 0) is 19.6 Å². The maximum absolute atomic E-state index is 9.03. The van der Waals surface area contributed by atoms with Gasteiger partial charge in [0.25, 0.3) is 0 Å². The minimum atomic E-state index is -0.0870. The average molecular weight is 301 g/mol. The molecule has 3 rings (SSSR count). The summed E-state index contributed by atoms with van der Waals surface area (Å²) in [7, 11) is 0. The first kappa shape index (κ1) is 15.2. The number of aliphatic hydroxyl groups excluding tert-OH is 1. The largest absolute Gasteiger partial charge is 0.388 e. The van der Waals surface area contributed by atoms with Crippen LogP contribution in [0.15, 0.2) is 35.1 Å². The fourth-order valence-electron chi connectivity index (χ4n) is 3.23. The molecule has 0 aromatic carbocycles. The summed E-state index contributed by atoms with van der Waals surface area (Å²) < 4.78 is 5.06. The summed E-state index contributed by atoms with van der Waals surface area (Å²) >= 11 is 0. The summed E-state index contributed by atoms with van der Waals surface area (Å²) in [6.45, 7) is 5.37. The van der Waals surface area contributed by atoms with E-state index in [1.807, 2.05) is 18.3 Å². The van der Waals surface area contributed by atoms with Crippen LogP contribution in [0.25, 0.3) is 0 Å². The van der Waals surface area contributed by atoms with E-state index in [1.54, 1.807) is 6.20 Å². The molecule has 5 nitrogen and oxygen atoms in total. The van der Waals surface area contributed by atoms with E-state index >= 15 is 0 Å². The maximum atomic E-state index is 9.03. The number of aliphatic hydroxyl groups is 1. The third kappa shape index (κ3) is 3.05. The average Bonchev–Trinajstić information content (AvgIpc) is 2.99. The molecule has 0 spiro atoms. The monoisotopic (exact) mass is 301 g/mol. The number of nitrogens with one attached hydrogen (secondary N) is 1. The quantitative estimate of drug-likeness (QED) is 0.856. The maximum Gasteiger partial charge on any atom is 0.162 e. The number of pyridine rings is 1. The lowest BCUT2D eigenvalue weighted by Crippen LogP contribution is -2.57. The smallest absolute Gasteiger partial charge is 0.162 e. The Morgan fingerprint density at radius 3 is 2.95 bits per heavy atom. The summed E-state index contributed by atoms with van der Waals surface area (Å²) in [5.41, 5.74) is 2.37. The summed E-state index contributed by atoms with van der Waals surface area (Å²) in [6, 6.07) is 6.41. The van der Waals surface area contributed by atoms with E-state index < -0.39 is 0 Å². The highest BCUT2D eigenvalue weighted by molar-refractivity contribution is 5.12. The van der Waals surface area contributed by atoms with Gasteiger partial charge in [0.05, 0.1) is 5.69 Å². The lowest BCUT2D eigenvalue weighted by atomic mass is 9.57. The first-order valence-corrected chi connectivity index (χ1v) is 7.77. The molecule has 0 bridgehead atoms. The molecule has 22 heavy (non-hydrogen) atoms. The molecule has 118 valence electrons. The van der Waals surface area contributed by atoms with Crippen molar-refractivity contribution in [3.63, 3.8) is 0 Å². The molecule has 1 aliphatic rings. The van der Waals surface area contributed by atoms with E-state index in [0.717, 1.165) is 25.1 Å². The Labute approximate surface area is 130 Å². The summed E-state index contributed by atoms with van der Waals surface area (Å²) in [6.07, 6.45) is 5.74. The summed E-state index contributed by atoms with van der Waals surface area (Å²) in [5, 5.41) is 16.7. The van der Waals surface area contributed by atoms with E-state index in [1.165, 1.54) is 5.56 Å². The Morgan fingerprint density at radius 2 is 2.32 bits per heavy atom. The normalized spacial score (nSPS) is 23.2. The van der Waals surface area contributed by atoms with Gasteiger partial charge in [0.15, 0.2) is 5.76 Å². The highest BCUT2D eigenvalue weighted by atomic mass is 16.5. The molecular weight excluding hydrogens is 278 g/mol. The van der Waals surface area contributed by atoms with Crippen molar-refractivity contribution in [3.8, 4) is 0 Å². The van der Waals surface area contributed by atoms with Crippen molar-refractivity contribution in [1.82, 2.24) is 15.5 Å². The van der Waals surface area contributed by atoms with Crippen molar-refractivity contribution >= 4 is 0 Å². The van der Waals surface area contributed by atoms with Crippen LogP contribution >= 0.6 is 0 Å². The first-order valence-electron chi connectivity index (χ1n) is 7.77. The van der Waals surface area contributed by atoms with Crippen molar-refractivity contribution in [2.75, 3.05) is 0 Å². The van der Waals surface area contributed by atoms with Gasteiger partial charge in [0.2, 0.25) is 0 Å². The van der Waals surface area contributed by atoms with Crippen LogP contribution in [0.4, 0.5) is 0 Å². The Bertz CT molecular complexity index is 609. The van der Waals surface area contributed by atoms with Crippen molar-refractivity contribution in [2.45, 2.75) is 45.9 Å². The highest BCUT2D eigenvalue weighted by Crippen LogP contribution is 2.47. The van der Waals surface area contributed by atoms with E-state index in [4.69, 9.17) is 9.63 Å². The molecule has 0 unspecified atom stereocenters. The molecule has 0 amide bonds. The number of nitrogens with zero attached hydrogens (tertiary/aromatic N) is 2. The fraction of sp³-hybridized carbons (Fsp3) is 0.529. The van der Waals surface area contributed by atoms with Gasteiger partial charge in [-0.05, 0) is 35.8 Å². The van der Waals surface area contributed by atoms with E-state index in [-0.39, 0.29) is 12.0 Å². The lowest BCUT2D eigenvalue weighted by molar-refractivity contribution is 0.0124. The Morgan fingerprint density at radius 1 is 1.45 bits per heavy atom. The van der Waals surface area contributed by atoms with Crippen LogP contribution in [0.1, 0.15) is 37.3 Å². The Kier molecular flexibility index (Phi) is 4.27. The number of rotatable bonds is 6. The van der Waals surface area contributed by atoms with Gasteiger partial charge in [-0.3, -0.25) is 4.98 Å². The third-order valence-electron chi connectivity index (χ3n) is 4.97. The predicted octanol–water partition coefficient (Wildman–Crippen LogP) is 2.31. The predicted molar refractivity (Wildman–Crippen MR) is 82.9 cm³/mol. The number of hydrogen-bond donors (Lipinski definition) is 2. The van der Waals surface area contributed by atoms with Crippen LogP contribution in [0.2, 0.25) is 0 Å². The molecule has 0 radical (unpaired) electrons. The van der Waals surface area contributed by atoms with Gasteiger partial charge in [0, 0.05) is 31.0 Å². The van der Waals surface area contributed by atoms with E-state index in [0.29, 0.717) is 17.7 Å². The Balaban J connectivity index is 1.53. The molecule has 1 aliphatic carbocycles. The van der Waals surface area contributed by atoms with E-state index in [9.17, 15) is 0 Å². The second-order valence-corrected chi connectivity index (χ2v) is 6.70. The molecule has 2 atom stereocenters. The molecule has 0 aliphatic heterocycles. The topological polar surface area (TPSA) is 71.2 Å². The second-order valence-electron chi connectivity index (χ2n) is 6.70. The zero-order chi connectivity index (χ0) is 15.6. The minimum absolute atomic E-state index is 0.0870. The van der Waals surface area contributed by atoms with Gasteiger partial charge in [-0.2, -0.15) is 0 Å². The number of aromatic nitrogens is 2. The summed E-state index contributed by atoms with van der Waals surface area (Å²) in [4.78, 5) is 4.14. The zero-order valence-corrected chi connectivity index (χ0v) is 13.1. The molecule has 2 heterocycles. The van der Waals surface area contributed by atoms with Crippen LogP contribution in [0, 0.1) is 11.3 Å². The van der Waals surface area contributed by atoms with Gasteiger partial charge in [-0.15, -0.1) is 0 Å². The molecule has 0 saturated heterocycles. The standard InChI is InChI=1S/C17H23N3O2/c1-17(2)13(6-14-8-15(11-21)22-20-14)7-16(17)19-10-12-4-3-5-18-9-12/h3-5,8-9,13,16,19,21H,6-7,10-11H2,1-2H3/t13-,16+/m1/s1. The van der Waals surface area contributed by atoms with Gasteiger partial charge in [-0.1, -0.05) is 25.1 Å². The molecule has 2 aromatic heterocycles. The lowest BCUT2D eigenvalue weighted by Gasteiger charge is -2.52. The molecular formula is C17H23N3O2. The third-order valence-corrected chi connectivity index (χ3v) is 4.97. The molecule has 1 fully saturated rings.